The first-order valence-corrected chi connectivity index (χ1v) is 13.2. The van der Waals surface area contributed by atoms with Crippen LogP contribution in [-0.2, 0) is 6.54 Å². The molecule has 4 aromatic rings. The van der Waals surface area contributed by atoms with Crippen LogP contribution < -0.4 is 20.1 Å². The minimum atomic E-state index is -0.223. The molecule has 206 valence electrons. The van der Waals surface area contributed by atoms with Crippen molar-refractivity contribution in [3.63, 3.8) is 0 Å². The molecule has 1 atom stereocenters. The van der Waals surface area contributed by atoms with E-state index in [0.29, 0.717) is 67.7 Å². The number of aromatic nitrogens is 5. The summed E-state index contributed by atoms with van der Waals surface area (Å²) in [5, 5.41) is 15.5. The van der Waals surface area contributed by atoms with Gasteiger partial charge in [-0.1, -0.05) is 24.3 Å². The van der Waals surface area contributed by atoms with Crippen LogP contribution in [0, 0.1) is 18.3 Å². The topological polar surface area (TPSA) is 144 Å². The summed E-state index contributed by atoms with van der Waals surface area (Å²) in [5.41, 5.74) is 4.26. The molecule has 0 aliphatic carbocycles. The molecular weight excluding hydrogens is 522 g/mol. The highest BCUT2D eigenvalue weighted by Gasteiger charge is 2.32. The summed E-state index contributed by atoms with van der Waals surface area (Å²) in [6.07, 6.45) is 7.82. The van der Waals surface area contributed by atoms with Crippen LogP contribution in [0.3, 0.4) is 0 Å². The van der Waals surface area contributed by atoms with Gasteiger partial charge >= 0.3 is 0 Å². The minimum Gasteiger partial charge on any atom is -0.489 e. The Balaban J connectivity index is 1.13. The second kappa shape index (κ2) is 11.1. The number of H-pyrrole nitrogens is 1. The Morgan fingerprint density at radius 1 is 1.10 bits per heavy atom. The number of carbonyl (C=O) groups is 1. The summed E-state index contributed by atoms with van der Waals surface area (Å²) in [4.78, 5) is 44.2. The van der Waals surface area contributed by atoms with Gasteiger partial charge in [0.05, 0.1) is 47.6 Å². The average Bonchev–Trinajstić information content (AvgIpc) is 3.39. The number of pyridine rings is 1. The van der Waals surface area contributed by atoms with Gasteiger partial charge < -0.3 is 19.4 Å². The number of ether oxygens (including phenoxy) is 1. The molecule has 0 radical (unpaired) electrons. The number of nitrogens with one attached hydrogen (secondary N) is 1. The molecule has 0 saturated carbocycles. The number of anilines is 2. The number of rotatable bonds is 6. The van der Waals surface area contributed by atoms with Crippen LogP contribution in [0.2, 0.25) is 0 Å². The maximum atomic E-state index is 13.3. The van der Waals surface area contributed by atoms with Crippen molar-refractivity contribution in [2.45, 2.75) is 19.5 Å². The lowest BCUT2D eigenvalue weighted by molar-refractivity contribution is 0.0745. The van der Waals surface area contributed by atoms with Crippen LogP contribution >= 0.6 is 0 Å². The van der Waals surface area contributed by atoms with Crippen molar-refractivity contribution in [3.05, 3.63) is 99.5 Å². The van der Waals surface area contributed by atoms with Crippen LogP contribution in [-0.4, -0.2) is 68.7 Å². The molecule has 5 heterocycles. The lowest BCUT2D eigenvalue weighted by Crippen LogP contribution is -2.49. The number of benzene rings is 1. The van der Waals surface area contributed by atoms with Crippen molar-refractivity contribution >= 4 is 17.5 Å². The van der Waals surface area contributed by atoms with E-state index in [1.807, 2.05) is 23.1 Å². The van der Waals surface area contributed by atoms with Crippen molar-refractivity contribution in [2.24, 2.45) is 0 Å². The summed E-state index contributed by atoms with van der Waals surface area (Å²) in [7, 11) is 0. The van der Waals surface area contributed by atoms with Gasteiger partial charge in [0, 0.05) is 44.5 Å². The maximum Gasteiger partial charge on any atom is 0.269 e. The second-order valence-corrected chi connectivity index (χ2v) is 9.93. The van der Waals surface area contributed by atoms with E-state index in [2.05, 4.69) is 42.2 Å². The fourth-order valence-corrected chi connectivity index (χ4v) is 5.26. The van der Waals surface area contributed by atoms with Crippen molar-refractivity contribution < 1.29 is 9.53 Å². The number of amides is 1. The van der Waals surface area contributed by atoms with Gasteiger partial charge in [-0.2, -0.15) is 10.4 Å². The van der Waals surface area contributed by atoms with E-state index in [1.54, 1.807) is 36.5 Å². The molecule has 1 saturated heterocycles. The minimum absolute atomic E-state index is 0.124. The number of nitrogens with zero attached hydrogens (tertiary/aromatic N) is 8. The molecule has 0 spiro atoms. The highest BCUT2D eigenvalue weighted by atomic mass is 16.5. The fraction of sp³-hybridized carbons (Fsp3) is 0.276. The molecule has 1 N–H and O–H groups in total. The van der Waals surface area contributed by atoms with E-state index >= 15 is 0 Å². The summed E-state index contributed by atoms with van der Waals surface area (Å²) >= 11 is 0. The molecule has 3 aromatic heterocycles. The molecule has 2 aliphatic heterocycles. The Hall–Kier alpha value is -5.31. The summed E-state index contributed by atoms with van der Waals surface area (Å²) in [6, 6.07) is 11.7. The smallest absolute Gasteiger partial charge is 0.269 e. The summed E-state index contributed by atoms with van der Waals surface area (Å²) in [5.74, 6) is 0.911. The van der Waals surface area contributed by atoms with Gasteiger partial charge in [-0.25, -0.2) is 15.1 Å². The zero-order valence-electron chi connectivity index (χ0n) is 22.4. The van der Waals surface area contributed by atoms with Crippen molar-refractivity contribution in [3.8, 4) is 11.8 Å². The van der Waals surface area contributed by atoms with E-state index in [-0.39, 0.29) is 17.5 Å². The van der Waals surface area contributed by atoms with E-state index in [0.717, 1.165) is 16.8 Å². The SMILES string of the molecule is Cc1c(N2Cc3ccccc3C2COc2cncc(C(=O)N3CCN(c4ncc(C#N)cn4)CC3)c2)cn[nH]c1=O. The zero-order valence-corrected chi connectivity index (χ0v) is 22.4. The third-order valence-electron chi connectivity index (χ3n) is 7.50. The third kappa shape index (κ3) is 5.17. The van der Waals surface area contributed by atoms with Gasteiger partial charge in [0.25, 0.3) is 11.5 Å². The molecule has 6 rings (SSSR count). The molecule has 1 aromatic carbocycles. The van der Waals surface area contributed by atoms with Gasteiger partial charge in [-0.05, 0) is 24.1 Å². The quantitative estimate of drug-likeness (QED) is 0.380. The Kier molecular flexibility index (Phi) is 6.99. The normalized spacial score (nSPS) is 16.3. The Labute approximate surface area is 235 Å². The monoisotopic (exact) mass is 549 g/mol. The Morgan fingerprint density at radius 3 is 2.66 bits per heavy atom. The maximum absolute atomic E-state index is 13.3. The first-order valence-electron chi connectivity index (χ1n) is 13.2. The molecule has 41 heavy (non-hydrogen) atoms. The predicted octanol–water partition coefficient (Wildman–Crippen LogP) is 2.24. The number of piperazine rings is 1. The van der Waals surface area contributed by atoms with Crippen LogP contribution in [0.1, 0.15) is 38.7 Å². The molecule has 1 amide bonds. The number of hydrogen-bond donors (Lipinski definition) is 1. The van der Waals surface area contributed by atoms with Crippen LogP contribution in [0.15, 0.2) is 66.1 Å². The highest BCUT2D eigenvalue weighted by Crippen LogP contribution is 2.38. The van der Waals surface area contributed by atoms with Crippen LogP contribution in [0.4, 0.5) is 11.6 Å². The van der Waals surface area contributed by atoms with Crippen molar-refractivity contribution in [2.75, 3.05) is 42.6 Å². The first kappa shape index (κ1) is 25.9. The highest BCUT2D eigenvalue weighted by molar-refractivity contribution is 5.94. The van der Waals surface area contributed by atoms with Crippen LogP contribution in [0.5, 0.6) is 5.75 Å². The van der Waals surface area contributed by atoms with Crippen LogP contribution in [0.25, 0.3) is 0 Å². The van der Waals surface area contributed by atoms with E-state index < -0.39 is 0 Å². The molecule has 2 aliphatic rings. The number of nitriles is 1. The zero-order chi connectivity index (χ0) is 28.3. The molecular formula is C29H27N9O3. The van der Waals surface area contributed by atoms with Gasteiger partial charge in [0.15, 0.2) is 0 Å². The van der Waals surface area contributed by atoms with Gasteiger partial charge in [-0.15, -0.1) is 0 Å². The van der Waals surface area contributed by atoms with Crippen molar-refractivity contribution in [1.29, 1.82) is 5.26 Å². The predicted molar refractivity (Wildman–Crippen MR) is 150 cm³/mol. The molecule has 1 unspecified atom stereocenters. The fourth-order valence-electron chi connectivity index (χ4n) is 5.26. The number of fused-ring (bicyclic) bond motifs is 1. The number of aromatic amines is 1. The van der Waals surface area contributed by atoms with Gasteiger partial charge in [0.2, 0.25) is 5.95 Å². The Bertz CT molecular complexity index is 1670. The number of hydrogen-bond acceptors (Lipinski definition) is 10. The number of carbonyl (C=O) groups excluding carboxylic acids is 1. The second-order valence-electron chi connectivity index (χ2n) is 9.93. The summed E-state index contributed by atoms with van der Waals surface area (Å²) in [6.45, 7) is 4.88. The van der Waals surface area contributed by atoms with E-state index in [1.165, 1.54) is 12.4 Å². The molecule has 1 fully saturated rings. The molecule has 12 nitrogen and oxygen atoms in total. The average molecular weight is 550 g/mol. The molecule has 0 bridgehead atoms. The largest absolute Gasteiger partial charge is 0.489 e. The lowest BCUT2D eigenvalue weighted by atomic mass is 10.1. The summed E-state index contributed by atoms with van der Waals surface area (Å²) < 4.78 is 6.21. The van der Waals surface area contributed by atoms with Gasteiger partial charge in [-0.3, -0.25) is 14.6 Å². The molecule has 12 heteroatoms. The first-order chi connectivity index (χ1) is 20.0. The van der Waals surface area contributed by atoms with Crippen molar-refractivity contribution in [1.82, 2.24) is 30.0 Å². The Morgan fingerprint density at radius 2 is 1.88 bits per heavy atom. The van der Waals surface area contributed by atoms with E-state index in [4.69, 9.17) is 10.00 Å². The third-order valence-corrected chi connectivity index (χ3v) is 7.50. The van der Waals surface area contributed by atoms with Gasteiger partial charge in [0.1, 0.15) is 18.4 Å². The van der Waals surface area contributed by atoms with E-state index in [9.17, 15) is 9.59 Å². The standard InChI is InChI=1S/C29H27N9O3/c1-19-25(16-34-35-27(19)39)38-17-21-4-2-3-5-24(21)26(38)18-41-23-10-22(14-31-15-23)28(40)36-6-8-37(9-7-36)29-32-12-20(11-30)13-33-29/h2-5,10,12-16,26H,6-9,17-18H2,1H3,(H,35,39). The lowest BCUT2D eigenvalue weighted by Gasteiger charge is -2.34.